The lowest BCUT2D eigenvalue weighted by atomic mass is 10.1. The molecular formula is C20H24N2O5S2. The predicted octanol–water partition coefficient (Wildman–Crippen LogP) is 1.98. The van der Waals surface area contributed by atoms with Crippen LogP contribution in [0.2, 0.25) is 0 Å². The second kappa shape index (κ2) is 8.25. The van der Waals surface area contributed by atoms with Gasteiger partial charge in [-0.25, -0.2) is 21.6 Å². The topological polar surface area (TPSA) is 101 Å². The third kappa shape index (κ3) is 5.04. The van der Waals surface area contributed by atoms with Crippen LogP contribution in [0.3, 0.4) is 0 Å². The van der Waals surface area contributed by atoms with E-state index in [4.69, 9.17) is 0 Å². The minimum atomic E-state index is -3.94. The summed E-state index contributed by atoms with van der Waals surface area (Å²) in [5.41, 5.74) is 1.02. The Morgan fingerprint density at radius 1 is 1.07 bits per heavy atom. The number of amides is 1. The molecule has 0 radical (unpaired) electrons. The van der Waals surface area contributed by atoms with E-state index in [-0.39, 0.29) is 22.2 Å². The number of sulfonamides is 1. The van der Waals surface area contributed by atoms with E-state index in [0.717, 1.165) is 6.26 Å². The molecule has 1 aliphatic heterocycles. The normalized spacial score (nSPS) is 17.9. The molecule has 1 N–H and O–H groups in total. The van der Waals surface area contributed by atoms with Crippen molar-refractivity contribution in [3.63, 3.8) is 0 Å². The molecule has 29 heavy (non-hydrogen) atoms. The number of likely N-dealkylation sites (tertiary alicyclic amines) is 1. The number of aryl methyl sites for hydroxylation is 1. The third-order valence-corrected chi connectivity index (χ3v) is 7.70. The van der Waals surface area contributed by atoms with Gasteiger partial charge < -0.3 is 4.90 Å². The Bertz CT molecular complexity index is 1110. The summed E-state index contributed by atoms with van der Waals surface area (Å²) in [7, 11) is -7.47. The number of carbonyl (C=O) groups is 1. The van der Waals surface area contributed by atoms with Gasteiger partial charge in [-0.2, -0.15) is 0 Å². The fourth-order valence-electron chi connectivity index (χ4n) is 3.40. The van der Waals surface area contributed by atoms with Crippen LogP contribution in [-0.2, 0) is 19.9 Å². The molecule has 1 unspecified atom stereocenters. The van der Waals surface area contributed by atoms with Crippen molar-refractivity contribution in [2.45, 2.75) is 35.6 Å². The van der Waals surface area contributed by atoms with E-state index >= 15 is 0 Å². The van der Waals surface area contributed by atoms with Gasteiger partial charge in [-0.1, -0.05) is 24.3 Å². The van der Waals surface area contributed by atoms with E-state index in [1.54, 1.807) is 36.1 Å². The highest BCUT2D eigenvalue weighted by atomic mass is 32.2. The van der Waals surface area contributed by atoms with Crippen LogP contribution in [0.5, 0.6) is 0 Å². The SMILES string of the molecule is Cc1ccc(S(C)(=O)=O)cc1S(=O)(=O)NC1CCCN(C(=O)c2ccccc2)C1. The van der Waals surface area contributed by atoms with E-state index in [2.05, 4.69) is 4.72 Å². The molecular weight excluding hydrogens is 412 g/mol. The highest BCUT2D eigenvalue weighted by Crippen LogP contribution is 2.22. The number of hydrogen-bond acceptors (Lipinski definition) is 5. The molecule has 1 amide bonds. The van der Waals surface area contributed by atoms with Gasteiger partial charge in [-0.05, 0) is 49.6 Å². The van der Waals surface area contributed by atoms with E-state index < -0.39 is 25.9 Å². The molecule has 9 heteroatoms. The van der Waals surface area contributed by atoms with Crippen LogP contribution in [-0.4, -0.2) is 53.0 Å². The molecule has 0 aromatic heterocycles. The number of nitrogens with one attached hydrogen (secondary N) is 1. The first-order valence-corrected chi connectivity index (χ1v) is 12.6. The van der Waals surface area contributed by atoms with Crippen molar-refractivity contribution in [3.05, 3.63) is 59.7 Å². The monoisotopic (exact) mass is 436 g/mol. The average molecular weight is 437 g/mol. The smallest absolute Gasteiger partial charge is 0.253 e. The summed E-state index contributed by atoms with van der Waals surface area (Å²) in [6, 6.07) is 12.5. The summed E-state index contributed by atoms with van der Waals surface area (Å²) < 4.78 is 52.1. The summed E-state index contributed by atoms with van der Waals surface area (Å²) in [4.78, 5) is 14.2. The quantitative estimate of drug-likeness (QED) is 0.772. The van der Waals surface area contributed by atoms with Crippen LogP contribution >= 0.6 is 0 Å². The van der Waals surface area contributed by atoms with Crippen molar-refractivity contribution in [1.82, 2.24) is 9.62 Å². The third-order valence-electron chi connectivity index (χ3n) is 4.93. The number of sulfone groups is 1. The van der Waals surface area contributed by atoms with Crippen molar-refractivity contribution in [1.29, 1.82) is 0 Å². The Labute approximate surface area is 171 Å². The Hall–Kier alpha value is -2.23. The number of rotatable bonds is 5. The minimum Gasteiger partial charge on any atom is -0.337 e. The first kappa shape index (κ1) is 21.5. The number of piperidine rings is 1. The standard InChI is InChI=1S/C20H24N2O5S2/c1-15-10-11-18(28(2,24)25)13-19(15)29(26,27)21-17-9-6-12-22(14-17)20(23)16-7-4-3-5-8-16/h3-5,7-8,10-11,13,17,21H,6,9,12,14H2,1-2H3. The van der Waals surface area contributed by atoms with Gasteiger partial charge in [0.1, 0.15) is 0 Å². The van der Waals surface area contributed by atoms with Crippen LogP contribution in [0.25, 0.3) is 0 Å². The van der Waals surface area contributed by atoms with Crippen molar-refractivity contribution < 1.29 is 21.6 Å². The minimum absolute atomic E-state index is 0.0481. The fourth-order valence-corrected chi connectivity index (χ4v) is 5.66. The summed E-state index contributed by atoms with van der Waals surface area (Å²) in [6.07, 6.45) is 2.31. The molecule has 1 aliphatic rings. The molecule has 2 aromatic rings. The zero-order valence-electron chi connectivity index (χ0n) is 16.3. The lowest BCUT2D eigenvalue weighted by molar-refractivity contribution is 0.0703. The number of nitrogens with zero attached hydrogens (tertiary/aromatic N) is 1. The number of carbonyl (C=O) groups excluding carboxylic acids is 1. The second-order valence-electron chi connectivity index (χ2n) is 7.28. The molecule has 1 fully saturated rings. The molecule has 0 saturated carbocycles. The zero-order chi connectivity index (χ0) is 21.2. The summed E-state index contributed by atoms with van der Waals surface area (Å²) in [6.45, 7) is 2.44. The van der Waals surface area contributed by atoms with Crippen LogP contribution in [0, 0.1) is 6.92 Å². The Kier molecular flexibility index (Phi) is 6.11. The Morgan fingerprint density at radius 2 is 1.76 bits per heavy atom. The van der Waals surface area contributed by atoms with Crippen LogP contribution in [0.1, 0.15) is 28.8 Å². The second-order valence-corrected chi connectivity index (χ2v) is 11.0. The summed E-state index contributed by atoms with van der Waals surface area (Å²) in [5.74, 6) is -0.134. The van der Waals surface area contributed by atoms with Crippen molar-refractivity contribution in [2.24, 2.45) is 0 Å². The lowest BCUT2D eigenvalue weighted by Crippen LogP contribution is -2.49. The molecule has 3 rings (SSSR count). The maximum Gasteiger partial charge on any atom is 0.253 e. The predicted molar refractivity (Wildman–Crippen MR) is 110 cm³/mol. The molecule has 0 spiro atoms. The average Bonchev–Trinajstić information content (AvgIpc) is 2.67. The Morgan fingerprint density at radius 3 is 2.41 bits per heavy atom. The molecule has 1 heterocycles. The zero-order valence-corrected chi connectivity index (χ0v) is 18.0. The molecule has 156 valence electrons. The molecule has 2 aromatic carbocycles. The Balaban J connectivity index is 1.79. The van der Waals surface area contributed by atoms with Crippen LogP contribution < -0.4 is 4.72 Å². The van der Waals surface area contributed by atoms with Gasteiger partial charge in [-0.3, -0.25) is 4.79 Å². The van der Waals surface area contributed by atoms with Gasteiger partial charge in [0.05, 0.1) is 9.79 Å². The van der Waals surface area contributed by atoms with E-state index in [1.165, 1.54) is 18.2 Å². The van der Waals surface area contributed by atoms with Gasteiger partial charge in [-0.15, -0.1) is 0 Å². The summed E-state index contributed by atoms with van der Waals surface area (Å²) in [5, 5.41) is 0. The maximum absolute atomic E-state index is 12.9. The van der Waals surface area contributed by atoms with Crippen molar-refractivity contribution in [2.75, 3.05) is 19.3 Å². The number of benzene rings is 2. The van der Waals surface area contributed by atoms with Crippen molar-refractivity contribution in [3.8, 4) is 0 Å². The molecule has 7 nitrogen and oxygen atoms in total. The van der Waals surface area contributed by atoms with E-state index in [1.807, 2.05) is 6.07 Å². The van der Waals surface area contributed by atoms with Crippen LogP contribution in [0.15, 0.2) is 58.3 Å². The van der Waals surface area contributed by atoms with Gasteiger partial charge in [0.15, 0.2) is 9.84 Å². The van der Waals surface area contributed by atoms with Gasteiger partial charge in [0.2, 0.25) is 10.0 Å². The molecule has 1 atom stereocenters. The first-order valence-electron chi connectivity index (χ1n) is 9.25. The fraction of sp³-hybridized carbons (Fsp3) is 0.350. The highest BCUT2D eigenvalue weighted by molar-refractivity contribution is 7.91. The highest BCUT2D eigenvalue weighted by Gasteiger charge is 2.29. The number of hydrogen-bond donors (Lipinski definition) is 1. The van der Waals surface area contributed by atoms with Crippen LogP contribution in [0.4, 0.5) is 0 Å². The van der Waals surface area contributed by atoms with Crippen molar-refractivity contribution >= 4 is 25.8 Å². The maximum atomic E-state index is 12.9. The first-order chi connectivity index (χ1) is 13.6. The van der Waals surface area contributed by atoms with Gasteiger partial charge in [0, 0.05) is 31.0 Å². The lowest BCUT2D eigenvalue weighted by Gasteiger charge is -2.33. The summed E-state index contributed by atoms with van der Waals surface area (Å²) >= 11 is 0. The molecule has 0 bridgehead atoms. The molecule has 1 saturated heterocycles. The van der Waals surface area contributed by atoms with E-state index in [9.17, 15) is 21.6 Å². The van der Waals surface area contributed by atoms with E-state index in [0.29, 0.717) is 30.5 Å². The largest absolute Gasteiger partial charge is 0.337 e. The van der Waals surface area contributed by atoms with Gasteiger partial charge in [0.25, 0.3) is 5.91 Å². The molecule has 0 aliphatic carbocycles. The van der Waals surface area contributed by atoms with Gasteiger partial charge >= 0.3 is 0 Å².